The van der Waals surface area contributed by atoms with Crippen LogP contribution in [-0.2, 0) is 7.05 Å². The van der Waals surface area contributed by atoms with Gasteiger partial charge in [0.05, 0.1) is 18.1 Å². The van der Waals surface area contributed by atoms with Crippen molar-refractivity contribution >= 4 is 5.69 Å². The standard InChI is InChI=1S/C10H12N4O/c1-7-3-4-12-10(9(7)11)15-8-5-13-14(2)6-8/h3-6H,11H2,1-2H3. The van der Waals surface area contributed by atoms with Crippen molar-refractivity contribution in [3.8, 4) is 11.6 Å². The van der Waals surface area contributed by atoms with Crippen LogP contribution in [0.2, 0.25) is 0 Å². The summed E-state index contributed by atoms with van der Waals surface area (Å²) >= 11 is 0. The van der Waals surface area contributed by atoms with Crippen LogP contribution in [-0.4, -0.2) is 14.8 Å². The zero-order chi connectivity index (χ0) is 10.8. The molecule has 0 unspecified atom stereocenters. The molecular weight excluding hydrogens is 192 g/mol. The molecule has 0 aliphatic rings. The fourth-order valence-corrected chi connectivity index (χ4v) is 1.19. The normalized spacial score (nSPS) is 10.3. The van der Waals surface area contributed by atoms with Gasteiger partial charge in [0, 0.05) is 13.2 Å². The minimum atomic E-state index is 0.419. The average molecular weight is 204 g/mol. The summed E-state index contributed by atoms with van der Waals surface area (Å²) in [5.41, 5.74) is 7.33. The molecule has 2 aromatic rings. The predicted octanol–water partition coefficient (Wildman–Crippen LogP) is 1.50. The van der Waals surface area contributed by atoms with Crippen molar-refractivity contribution in [2.75, 3.05) is 5.73 Å². The highest BCUT2D eigenvalue weighted by atomic mass is 16.5. The number of ether oxygens (including phenoxy) is 1. The van der Waals surface area contributed by atoms with Gasteiger partial charge in [-0.15, -0.1) is 0 Å². The van der Waals surface area contributed by atoms with Gasteiger partial charge in [0.15, 0.2) is 5.75 Å². The van der Waals surface area contributed by atoms with Gasteiger partial charge >= 0.3 is 0 Å². The van der Waals surface area contributed by atoms with Crippen molar-refractivity contribution in [3.63, 3.8) is 0 Å². The smallest absolute Gasteiger partial charge is 0.243 e. The fourth-order valence-electron chi connectivity index (χ4n) is 1.19. The van der Waals surface area contributed by atoms with Gasteiger partial charge in [-0.2, -0.15) is 5.10 Å². The minimum Gasteiger partial charge on any atom is -0.434 e. The number of aromatic nitrogens is 3. The molecule has 5 nitrogen and oxygen atoms in total. The van der Waals surface area contributed by atoms with Crippen molar-refractivity contribution in [2.24, 2.45) is 7.05 Å². The highest BCUT2D eigenvalue weighted by Crippen LogP contribution is 2.26. The number of hydrogen-bond acceptors (Lipinski definition) is 4. The lowest BCUT2D eigenvalue weighted by molar-refractivity contribution is 0.464. The summed E-state index contributed by atoms with van der Waals surface area (Å²) in [6.45, 7) is 1.91. The van der Waals surface area contributed by atoms with Gasteiger partial charge in [-0.3, -0.25) is 4.68 Å². The maximum absolute atomic E-state index is 5.82. The second kappa shape index (κ2) is 3.61. The summed E-state index contributed by atoms with van der Waals surface area (Å²) in [4.78, 5) is 4.06. The molecule has 0 aromatic carbocycles. The largest absolute Gasteiger partial charge is 0.434 e. The van der Waals surface area contributed by atoms with Gasteiger partial charge in [-0.05, 0) is 18.6 Å². The van der Waals surface area contributed by atoms with Gasteiger partial charge in [0.25, 0.3) is 0 Å². The molecule has 0 bridgehead atoms. The van der Waals surface area contributed by atoms with Crippen LogP contribution in [0.25, 0.3) is 0 Å². The first-order chi connectivity index (χ1) is 7.16. The van der Waals surface area contributed by atoms with Crippen LogP contribution in [0.15, 0.2) is 24.7 Å². The van der Waals surface area contributed by atoms with Crippen LogP contribution in [0.3, 0.4) is 0 Å². The molecule has 0 atom stereocenters. The van der Waals surface area contributed by atoms with Gasteiger partial charge in [0.2, 0.25) is 5.88 Å². The van der Waals surface area contributed by atoms with Crippen LogP contribution in [0.1, 0.15) is 5.56 Å². The summed E-state index contributed by atoms with van der Waals surface area (Å²) in [5, 5.41) is 3.99. The first kappa shape index (κ1) is 9.51. The molecule has 0 amide bonds. The molecule has 78 valence electrons. The van der Waals surface area contributed by atoms with E-state index in [1.807, 2.05) is 20.0 Å². The molecule has 2 N–H and O–H groups in total. The van der Waals surface area contributed by atoms with Crippen molar-refractivity contribution in [3.05, 3.63) is 30.2 Å². The van der Waals surface area contributed by atoms with Crippen LogP contribution >= 0.6 is 0 Å². The quantitative estimate of drug-likeness (QED) is 0.805. The van der Waals surface area contributed by atoms with Crippen molar-refractivity contribution in [1.82, 2.24) is 14.8 Å². The Morgan fingerprint density at radius 3 is 2.93 bits per heavy atom. The summed E-state index contributed by atoms with van der Waals surface area (Å²) in [5.74, 6) is 1.05. The maximum atomic E-state index is 5.82. The minimum absolute atomic E-state index is 0.419. The third-order valence-electron chi connectivity index (χ3n) is 2.07. The van der Waals surface area contributed by atoms with Gasteiger partial charge in [0.1, 0.15) is 0 Å². The van der Waals surface area contributed by atoms with Crippen LogP contribution in [0.4, 0.5) is 5.69 Å². The van der Waals surface area contributed by atoms with Crippen molar-refractivity contribution < 1.29 is 4.74 Å². The number of hydrogen-bond donors (Lipinski definition) is 1. The Balaban J connectivity index is 2.28. The number of aryl methyl sites for hydroxylation is 2. The highest BCUT2D eigenvalue weighted by molar-refractivity contribution is 5.54. The number of rotatable bonds is 2. The van der Waals surface area contributed by atoms with Crippen LogP contribution < -0.4 is 10.5 Å². The second-order valence-corrected chi connectivity index (χ2v) is 3.30. The molecule has 0 aliphatic heterocycles. The Labute approximate surface area is 87.5 Å². The molecule has 15 heavy (non-hydrogen) atoms. The van der Waals surface area contributed by atoms with E-state index < -0.39 is 0 Å². The lowest BCUT2D eigenvalue weighted by Gasteiger charge is -2.06. The Morgan fingerprint density at radius 2 is 2.27 bits per heavy atom. The highest BCUT2D eigenvalue weighted by Gasteiger charge is 2.06. The molecule has 0 fully saturated rings. The number of pyridine rings is 1. The Bertz CT molecular complexity index is 478. The van der Waals surface area contributed by atoms with Crippen LogP contribution in [0, 0.1) is 6.92 Å². The van der Waals surface area contributed by atoms with Gasteiger partial charge < -0.3 is 10.5 Å². The van der Waals surface area contributed by atoms with E-state index in [2.05, 4.69) is 10.1 Å². The summed E-state index contributed by atoms with van der Waals surface area (Å²) < 4.78 is 7.15. The van der Waals surface area contributed by atoms with E-state index in [0.29, 0.717) is 17.3 Å². The average Bonchev–Trinajstić information content (AvgIpc) is 2.59. The molecule has 5 heteroatoms. The number of nitrogens with zero attached hydrogens (tertiary/aromatic N) is 3. The molecule has 0 spiro atoms. The Kier molecular flexibility index (Phi) is 2.29. The van der Waals surface area contributed by atoms with E-state index in [9.17, 15) is 0 Å². The van der Waals surface area contributed by atoms with E-state index in [4.69, 9.17) is 10.5 Å². The molecule has 0 radical (unpaired) electrons. The fraction of sp³-hybridized carbons (Fsp3) is 0.200. The Morgan fingerprint density at radius 1 is 1.47 bits per heavy atom. The Hall–Kier alpha value is -2.04. The molecule has 2 rings (SSSR count). The summed E-state index contributed by atoms with van der Waals surface area (Å²) in [6, 6.07) is 1.84. The molecule has 0 saturated heterocycles. The first-order valence-corrected chi connectivity index (χ1v) is 4.54. The van der Waals surface area contributed by atoms with Crippen LogP contribution in [0.5, 0.6) is 11.6 Å². The topological polar surface area (TPSA) is 66.0 Å². The molecule has 2 heterocycles. The summed E-state index contributed by atoms with van der Waals surface area (Å²) in [7, 11) is 1.82. The van der Waals surface area contributed by atoms with E-state index in [1.165, 1.54) is 0 Å². The van der Waals surface area contributed by atoms with E-state index in [0.717, 1.165) is 5.56 Å². The van der Waals surface area contributed by atoms with Gasteiger partial charge in [-0.25, -0.2) is 4.98 Å². The summed E-state index contributed by atoms with van der Waals surface area (Å²) in [6.07, 6.45) is 5.03. The number of anilines is 1. The van der Waals surface area contributed by atoms with E-state index >= 15 is 0 Å². The lowest BCUT2D eigenvalue weighted by atomic mass is 10.2. The third kappa shape index (κ3) is 1.90. The maximum Gasteiger partial charge on any atom is 0.243 e. The number of nitrogens with two attached hydrogens (primary N) is 1. The molecular formula is C10H12N4O. The van der Waals surface area contributed by atoms with E-state index in [-0.39, 0.29) is 0 Å². The molecule has 0 aliphatic carbocycles. The van der Waals surface area contributed by atoms with Crippen molar-refractivity contribution in [2.45, 2.75) is 6.92 Å². The molecule has 0 saturated carbocycles. The van der Waals surface area contributed by atoms with Crippen molar-refractivity contribution in [1.29, 1.82) is 0 Å². The third-order valence-corrected chi connectivity index (χ3v) is 2.07. The predicted molar refractivity (Wildman–Crippen MR) is 56.7 cm³/mol. The van der Waals surface area contributed by atoms with E-state index in [1.54, 1.807) is 23.3 Å². The zero-order valence-electron chi connectivity index (χ0n) is 8.64. The SMILES string of the molecule is Cc1ccnc(Oc2cnn(C)c2)c1N. The zero-order valence-corrected chi connectivity index (χ0v) is 8.64. The second-order valence-electron chi connectivity index (χ2n) is 3.30. The lowest BCUT2D eigenvalue weighted by Crippen LogP contribution is -1.96. The number of nitrogen functional groups attached to an aromatic ring is 1. The first-order valence-electron chi connectivity index (χ1n) is 4.54. The molecule has 2 aromatic heterocycles. The monoisotopic (exact) mass is 204 g/mol. The van der Waals surface area contributed by atoms with Gasteiger partial charge in [-0.1, -0.05) is 0 Å².